The molecular weight excluding hydrogens is 264 g/mol. The number of anilines is 1. The fourth-order valence-corrected chi connectivity index (χ4v) is 2.10. The van der Waals surface area contributed by atoms with Crippen LogP contribution in [0.25, 0.3) is 5.69 Å². The third-order valence-corrected chi connectivity index (χ3v) is 3.09. The van der Waals surface area contributed by atoms with E-state index in [-0.39, 0.29) is 5.69 Å². The summed E-state index contributed by atoms with van der Waals surface area (Å²) in [5.41, 5.74) is 1.25. The molecule has 100 valence electrons. The summed E-state index contributed by atoms with van der Waals surface area (Å²) in [6.45, 7) is 2.01. The van der Waals surface area contributed by atoms with Gasteiger partial charge in [-0.3, -0.25) is 0 Å². The average Bonchev–Trinajstić information content (AvgIpc) is 2.38. The Hall–Kier alpha value is -1.88. The fourth-order valence-electron chi connectivity index (χ4n) is 1.81. The van der Waals surface area contributed by atoms with Crippen molar-refractivity contribution in [3.63, 3.8) is 0 Å². The summed E-state index contributed by atoms with van der Waals surface area (Å²) in [6.07, 6.45) is 2.24. The highest BCUT2D eigenvalue weighted by Crippen LogP contribution is 2.23. The molecule has 19 heavy (non-hydrogen) atoms. The van der Waals surface area contributed by atoms with Crippen molar-refractivity contribution in [3.05, 3.63) is 45.6 Å². The largest absolute Gasteiger partial charge is 0.356 e. The van der Waals surface area contributed by atoms with Crippen LogP contribution in [0, 0.1) is 0 Å². The SMILES string of the molecule is CCc1cccc(Cl)c1-n1cnc(N(C)C)nc1=O. The van der Waals surface area contributed by atoms with Crippen LogP contribution < -0.4 is 10.6 Å². The monoisotopic (exact) mass is 278 g/mol. The molecule has 0 aliphatic heterocycles. The Labute approximate surface area is 116 Å². The van der Waals surface area contributed by atoms with E-state index in [2.05, 4.69) is 9.97 Å². The van der Waals surface area contributed by atoms with Gasteiger partial charge in [-0.25, -0.2) is 14.3 Å². The molecule has 2 aromatic rings. The molecule has 1 aromatic heterocycles. The summed E-state index contributed by atoms with van der Waals surface area (Å²) in [7, 11) is 3.57. The molecule has 1 aromatic carbocycles. The molecule has 2 rings (SSSR count). The van der Waals surface area contributed by atoms with Gasteiger partial charge in [0.25, 0.3) is 0 Å². The van der Waals surface area contributed by atoms with E-state index in [1.807, 2.05) is 19.1 Å². The molecule has 0 aliphatic rings. The van der Waals surface area contributed by atoms with Gasteiger partial charge in [0.05, 0.1) is 10.7 Å². The second-order valence-corrected chi connectivity index (χ2v) is 4.71. The molecule has 0 fully saturated rings. The van der Waals surface area contributed by atoms with E-state index in [1.54, 1.807) is 25.1 Å². The number of hydrogen-bond acceptors (Lipinski definition) is 4. The normalized spacial score (nSPS) is 10.5. The van der Waals surface area contributed by atoms with Crippen molar-refractivity contribution in [3.8, 4) is 5.69 Å². The second-order valence-electron chi connectivity index (χ2n) is 4.30. The maximum absolute atomic E-state index is 12.1. The third kappa shape index (κ3) is 2.61. The van der Waals surface area contributed by atoms with Crippen LogP contribution in [0.4, 0.5) is 5.95 Å². The van der Waals surface area contributed by atoms with Crippen LogP contribution >= 0.6 is 11.6 Å². The predicted octanol–water partition coefficient (Wildman–Crippen LogP) is 1.91. The zero-order chi connectivity index (χ0) is 14.0. The quantitative estimate of drug-likeness (QED) is 0.861. The highest BCUT2D eigenvalue weighted by Gasteiger charge is 2.11. The molecular formula is C13H15ClN4O. The minimum absolute atomic E-state index is 0.381. The van der Waals surface area contributed by atoms with Crippen molar-refractivity contribution in [1.82, 2.24) is 14.5 Å². The van der Waals surface area contributed by atoms with Crippen LogP contribution in [-0.2, 0) is 6.42 Å². The van der Waals surface area contributed by atoms with E-state index in [9.17, 15) is 4.79 Å². The zero-order valence-electron chi connectivity index (χ0n) is 11.1. The number of aromatic nitrogens is 3. The van der Waals surface area contributed by atoms with Crippen LogP contribution in [0.1, 0.15) is 12.5 Å². The van der Waals surface area contributed by atoms with E-state index in [4.69, 9.17) is 11.6 Å². The average molecular weight is 279 g/mol. The van der Waals surface area contributed by atoms with E-state index in [0.29, 0.717) is 16.7 Å². The van der Waals surface area contributed by atoms with Crippen LogP contribution in [0.15, 0.2) is 29.3 Å². The molecule has 0 aliphatic carbocycles. The zero-order valence-corrected chi connectivity index (χ0v) is 11.8. The number of rotatable bonds is 3. The van der Waals surface area contributed by atoms with E-state index < -0.39 is 0 Å². The van der Waals surface area contributed by atoms with Crippen LogP contribution in [0.2, 0.25) is 5.02 Å². The smallest absolute Gasteiger partial charge is 0.347 e. The fraction of sp³-hybridized carbons (Fsp3) is 0.308. The molecule has 0 spiro atoms. The van der Waals surface area contributed by atoms with E-state index in [1.165, 1.54) is 10.9 Å². The summed E-state index contributed by atoms with van der Waals surface area (Å²) >= 11 is 6.19. The molecule has 0 saturated heterocycles. The van der Waals surface area contributed by atoms with Crippen molar-refractivity contribution >= 4 is 17.5 Å². The van der Waals surface area contributed by atoms with Gasteiger partial charge in [0.2, 0.25) is 5.95 Å². The van der Waals surface area contributed by atoms with Gasteiger partial charge in [-0.2, -0.15) is 4.98 Å². The van der Waals surface area contributed by atoms with Crippen molar-refractivity contribution in [1.29, 1.82) is 0 Å². The van der Waals surface area contributed by atoms with Crippen molar-refractivity contribution < 1.29 is 0 Å². The van der Waals surface area contributed by atoms with Gasteiger partial charge in [-0.15, -0.1) is 0 Å². The number of hydrogen-bond donors (Lipinski definition) is 0. The Bertz CT molecular complexity index is 651. The highest BCUT2D eigenvalue weighted by molar-refractivity contribution is 6.32. The third-order valence-electron chi connectivity index (χ3n) is 2.78. The molecule has 0 N–H and O–H groups in total. The summed E-state index contributed by atoms with van der Waals surface area (Å²) in [4.78, 5) is 21.9. The first-order valence-corrected chi connectivity index (χ1v) is 6.33. The lowest BCUT2D eigenvalue weighted by atomic mass is 10.1. The Morgan fingerprint density at radius 2 is 2.11 bits per heavy atom. The van der Waals surface area contributed by atoms with Crippen LogP contribution in [-0.4, -0.2) is 28.6 Å². The number of halogens is 1. The number of nitrogens with zero attached hydrogens (tertiary/aromatic N) is 4. The molecule has 6 heteroatoms. The van der Waals surface area contributed by atoms with Gasteiger partial charge in [0, 0.05) is 14.1 Å². The Kier molecular flexibility index (Phi) is 3.85. The number of benzene rings is 1. The summed E-state index contributed by atoms with van der Waals surface area (Å²) in [5, 5.41) is 0.516. The summed E-state index contributed by atoms with van der Waals surface area (Å²) in [5.74, 6) is 0.381. The minimum Gasteiger partial charge on any atom is -0.347 e. The second kappa shape index (κ2) is 5.40. The lowest BCUT2D eigenvalue weighted by molar-refractivity contribution is 0.827. The number of para-hydroxylation sites is 1. The number of aryl methyl sites for hydroxylation is 1. The van der Waals surface area contributed by atoms with Crippen molar-refractivity contribution in [2.24, 2.45) is 0 Å². The standard InChI is InChI=1S/C13H15ClN4O/c1-4-9-6-5-7-10(14)11(9)18-8-15-12(17(2)3)16-13(18)19/h5-8H,4H2,1-3H3. The molecule has 5 nitrogen and oxygen atoms in total. The van der Waals surface area contributed by atoms with Gasteiger partial charge in [-0.1, -0.05) is 30.7 Å². The van der Waals surface area contributed by atoms with Gasteiger partial charge < -0.3 is 4.90 Å². The molecule has 1 heterocycles. The molecule has 0 saturated carbocycles. The van der Waals surface area contributed by atoms with Gasteiger partial charge in [0.1, 0.15) is 6.33 Å². The predicted molar refractivity (Wildman–Crippen MR) is 76.3 cm³/mol. The van der Waals surface area contributed by atoms with Gasteiger partial charge >= 0.3 is 5.69 Å². The Morgan fingerprint density at radius 3 is 2.68 bits per heavy atom. The lowest BCUT2D eigenvalue weighted by Crippen LogP contribution is -2.26. The summed E-state index contributed by atoms with van der Waals surface area (Å²) < 4.78 is 1.38. The van der Waals surface area contributed by atoms with Crippen molar-refractivity contribution in [2.45, 2.75) is 13.3 Å². The maximum atomic E-state index is 12.1. The summed E-state index contributed by atoms with van der Waals surface area (Å²) in [6, 6.07) is 5.56. The topological polar surface area (TPSA) is 51.0 Å². The van der Waals surface area contributed by atoms with E-state index >= 15 is 0 Å². The van der Waals surface area contributed by atoms with Gasteiger partial charge in [0.15, 0.2) is 0 Å². The maximum Gasteiger partial charge on any atom is 0.356 e. The molecule has 0 bridgehead atoms. The minimum atomic E-state index is -0.387. The molecule has 0 atom stereocenters. The highest BCUT2D eigenvalue weighted by atomic mass is 35.5. The van der Waals surface area contributed by atoms with Gasteiger partial charge in [-0.05, 0) is 18.1 Å². The van der Waals surface area contributed by atoms with Crippen LogP contribution in [0.3, 0.4) is 0 Å². The Morgan fingerprint density at radius 1 is 1.37 bits per heavy atom. The first kappa shape index (κ1) is 13.5. The van der Waals surface area contributed by atoms with Crippen molar-refractivity contribution in [2.75, 3.05) is 19.0 Å². The molecule has 0 radical (unpaired) electrons. The molecule has 0 amide bonds. The first-order valence-electron chi connectivity index (χ1n) is 5.95. The van der Waals surface area contributed by atoms with Crippen LogP contribution in [0.5, 0.6) is 0 Å². The van der Waals surface area contributed by atoms with E-state index in [0.717, 1.165) is 12.0 Å². The Balaban J connectivity index is 2.63. The molecule has 0 unspecified atom stereocenters. The lowest BCUT2D eigenvalue weighted by Gasteiger charge is -2.13. The first-order chi connectivity index (χ1) is 9.04.